The summed E-state index contributed by atoms with van der Waals surface area (Å²) in [7, 11) is 0. The molecule has 1 heterocycles. The maximum absolute atomic E-state index is 13.7. The molecule has 3 rings (SSSR count). The lowest BCUT2D eigenvalue weighted by Crippen LogP contribution is -2.28. The summed E-state index contributed by atoms with van der Waals surface area (Å²) in [6.45, 7) is 1.64. The molecule has 0 amide bonds. The van der Waals surface area contributed by atoms with Crippen LogP contribution in [0.5, 0.6) is 0 Å². The molecule has 1 aliphatic carbocycles. The molecule has 0 bridgehead atoms. The smallest absolute Gasteiger partial charge is 0.186 e. The van der Waals surface area contributed by atoms with Crippen molar-refractivity contribution >= 4 is 5.82 Å². The Morgan fingerprint density at radius 3 is 2.35 bits per heavy atom. The highest BCUT2D eigenvalue weighted by molar-refractivity contribution is 5.39. The molecule has 2 N–H and O–H groups in total. The van der Waals surface area contributed by atoms with Crippen LogP contribution in [0.2, 0.25) is 0 Å². The van der Waals surface area contributed by atoms with Crippen molar-refractivity contribution in [2.75, 3.05) is 5.73 Å². The fraction of sp³-hybridized carbons (Fsp3) is 0.375. The van der Waals surface area contributed by atoms with Gasteiger partial charge in [-0.3, -0.25) is 0 Å². The predicted octanol–water partition coefficient (Wildman–Crippen LogP) is 3.37. The molecule has 0 unspecified atom stereocenters. The molecule has 1 aromatic carbocycles. The second kappa shape index (κ2) is 4.85. The Kier molecular flexibility index (Phi) is 3.16. The van der Waals surface area contributed by atoms with Crippen LogP contribution in [0.25, 0.3) is 0 Å². The van der Waals surface area contributed by atoms with Gasteiger partial charge in [0, 0.05) is 0 Å². The molecule has 1 saturated carbocycles. The van der Waals surface area contributed by atoms with Gasteiger partial charge in [-0.05, 0) is 25.3 Å². The predicted molar refractivity (Wildman–Crippen MR) is 76.8 cm³/mol. The minimum atomic E-state index is -0.505. The third kappa shape index (κ3) is 1.96. The number of aromatic nitrogens is 2. The lowest BCUT2D eigenvalue weighted by Gasteiger charge is -2.28. The van der Waals surface area contributed by atoms with Gasteiger partial charge in [-0.25, -0.2) is 14.4 Å². The molecule has 0 atom stereocenters. The summed E-state index contributed by atoms with van der Waals surface area (Å²) in [5, 5.41) is 0. The third-order valence-corrected chi connectivity index (χ3v) is 4.25. The summed E-state index contributed by atoms with van der Waals surface area (Å²) >= 11 is 0. The lowest BCUT2D eigenvalue weighted by molar-refractivity contribution is 0.490. The van der Waals surface area contributed by atoms with Crippen molar-refractivity contribution in [1.82, 2.24) is 9.97 Å². The van der Waals surface area contributed by atoms with E-state index in [0.29, 0.717) is 11.5 Å². The van der Waals surface area contributed by atoms with E-state index in [9.17, 15) is 4.39 Å². The molecular formula is C16H18FN3. The molecule has 3 nitrogen and oxygen atoms in total. The summed E-state index contributed by atoms with van der Waals surface area (Å²) in [5.41, 5.74) is 7.01. The van der Waals surface area contributed by atoms with Crippen LogP contribution < -0.4 is 5.73 Å². The van der Waals surface area contributed by atoms with Gasteiger partial charge in [0.25, 0.3) is 0 Å². The average Bonchev–Trinajstić information content (AvgIpc) is 2.96. The standard InChI is InChI=1S/C16H18FN3/c1-11-13(17)14(18)20-15(19-11)16(9-5-6-10-16)12-7-3-2-4-8-12/h2-4,7-8H,5-6,9-10H2,1H3,(H2,18,19,20). The van der Waals surface area contributed by atoms with Crippen LogP contribution in [0.1, 0.15) is 42.8 Å². The average molecular weight is 271 g/mol. The summed E-state index contributed by atoms with van der Waals surface area (Å²) in [4.78, 5) is 8.65. The summed E-state index contributed by atoms with van der Waals surface area (Å²) in [5.74, 6) is 0.113. The number of nitrogens with two attached hydrogens (primary N) is 1. The molecule has 1 aliphatic rings. The van der Waals surface area contributed by atoms with Crippen molar-refractivity contribution in [3.63, 3.8) is 0 Å². The van der Waals surface area contributed by atoms with Crippen molar-refractivity contribution in [1.29, 1.82) is 0 Å². The zero-order valence-electron chi connectivity index (χ0n) is 11.6. The monoisotopic (exact) mass is 271 g/mol. The minimum Gasteiger partial charge on any atom is -0.381 e. The van der Waals surface area contributed by atoms with E-state index in [4.69, 9.17) is 5.73 Å². The van der Waals surface area contributed by atoms with Gasteiger partial charge in [0.05, 0.1) is 11.1 Å². The maximum Gasteiger partial charge on any atom is 0.186 e. The molecule has 104 valence electrons. The van der Waals surface area contributed by atoms with E-state index in [2.05, 4.69) is 22.1 Å². The molecule has 2 aromatic rings. The molecule has 1 fully saturated rings. The second-order valence-electron chi connectivity index (χ2n) is 5.49. The first-order chi connectivity index (χ1) is 9.63. The number of nitrogens with zero attached hydrogens (tertiary/aromatic N) is 2. The van der Waals surface area contributed by atoms with Crippen LogP contribution >= 0.6 is 0 Å². The molecule has 20 heavy (non-hydrogen) atoms. The topological polar surface area (TPSA) is 51.8 Å². The number of hydrogen-bond donors (Lipinski definition) is 1. The third-order valence-electron chi connectivity index (χ3n) is 4.25. The first kappa shape index (κ1) is 13.0. The Morgan fingerprint density at radius 2 is 1.75 bits per heavy atom. The van der Waals surface area contributed by atoms with Gasteiger partial charge in [0.1, 0.15) is 5.82 Å². The van der Waals surface area contributed by atoms with Crippen LogP contribution in [0.3, 0.4) is 0 Å². The lowest BCUT2D eigenvalue weighted by atomic mass is 9.78. The molecule has 0 radical (unpaired) electrons. The van der Waals surface area contributed by atoms with Gasteiger partial charge >= 0.3 is 0 Å². The van der Waals surface area contributed by atoms with Crippen molar-refractivity contribution in [2.24, 2.45) is 0 Å². The molecular weight excluding hydrogens is 253 g/mol. The molecule has 4 heteroatoms. The zero-order valence-corrected chi connectivity index (χ0v) is 11.6. The number of halogens is 1. The highest BCUT2D eigenvalue weighted by Gasteiger charge is 2.40. The van der Waals surface area contributed by atoms with Gasteiger partial charge in [0.2, 0.25) is 0 Å². The quantitative estimate of drug-likeness (QED) is 0.911. The van der Waals surface area contributed by atoms with Crippen LogP contribution in [-0.2, 0) is 5.41 Å². The highest BCUT2D eigenvalue weighted by Crippen LogP contribution is 2.45. The fourth-order valence-electron chi connectivity index (χ4n) is 3.17. The maximum atomic E-state index is 13.7. The second-order valence-corrected chi connectivity index (χ2v) is 5.49. The van der Waals surface area contributed by atoms with E-state index in [1.807, 2.05) is 18.2 Å². The Bertz CT molecular complexity index is 596. The van der Waals surface area contributed by atoms with E-state index in [-0.39, 0.29) is 11.2 Å². The molecule has 1 aromatic heterocycles. The van der Waals surface area contributed by atoms with Crippen molar-refractivity contribution in [3.8, 4) is 0 Å². The van der Waals surface area contributed by atoms with E-state index in [1.165, 1.54) is 5.56 Å². The van der Waals surface area contributed by atoms with Crippen molar-refractivity contribution in [3.05, 3.63) is 53.2 Å². The number of nitrogen functional groups attached to an aromatic ring is 1. The number of rotatable bonds is 2. The Morgan fingerprint density at radius 1 is 1.10 bits per heavy atom. The molecule has 0 saturated heterocycles. The largest absolute Gasteiger partial charge is 0.381 e. The van der Waals surface area contributed by atoms with E-state index < -0.39 is 5.82 Å². The summed E-state index contributed by atoms with van der Waals surface area (Å²) in [6.07, 6.45) is 4.24. The van der Waals surface area contributed by atoms with Gasteiger partial charge in [-0.1, -0.05) is 43.2 Å². The van der Waals surface area contributed by atoms with Gasteiger partial charge in [-0.15, -0.1) is 0 Å². The van der Waals surface area contributed by atoms with Gasteiger partial charge < -0.3 is 5.73 Å². The Labute approximate surface area is 118 Å². The van der Waals surface area contributed by atoms with E-state index >= 15 is 0 Å². The number of benzene rings is 1. The van der Waals surface area contributed by atoms with Crippen LogP contribution in [0.4, 0.5) is 10.2 Å². The number of hydrogen-bond acceptors (Lipinski definition) is 3. The molecule has 0 aliphatic heterocycles. The minimum absolute atomic E-state index is 0.0466. The van der Waals surface area contributed by atoms with Gasteiger partial charge in [-0.2, -0.15) is 0 Å². The van der Waals surface area contributed by atoms with Crippen LogP contribution in [0, 0.1) is 12.7 Å². The van der Waals surface area contributed by atoms with Crippen molar-refractivity contribution in [2.45, 2.75) is 38.0 Å². The first-order valence-electron chi connectivity index (χ1n) is 6.99. The summed E-state index contributed by atoms with van der Waals surface area (Å²) in [6, 6.07) is 10.2. The van der Waals surface area contributed by atoms with Gasteiger partial charge in [0.15, 0.2) is 11.6 Å². The van der Waals surface area contributed by atoms with Crippen molar-refractivity contribution < 1.29 is 4.39 Å². The normalized spacial score (nSPS) is 17.3. The Balaban J connectivity index is 2.17. The SMILES string of the molecule is Cc1nc(C2(c3ccccc3)CCCC2)nc(N)c1F. The number of anilines is 1. The van der Waals surface area contributed by atoms with E-state index in [0.717, 1.165) is 25.7 Å². The summed E-state index contributed by atoms with van der Waals surface area (Å²) < 4.78 is 13.7. The van der Waals surface area contributed by atoms with Crippen LogP contribution in [-0.4, -0.2) is 9.97 Å². The zero-order chi connectivity index (χ0) is 14.2. The molecule has 0 spiro atoms. The first-order valence-corrected chi connectivity index (χ1v) is 6.99. The fourth-order valence-corrected chi connectivity index (χ4v) is 3.17. The van der Waals surface area contributed by atoms with Crippen LogP contribution in [0.15, 0.2) is 30.3 Å². The highest BCUT2D eigenvalue weighted by atomic mass is 19.1. The van der Waals surface area contributed by atoms with E-state index in [1.54, 1.807) is 6.92 Å². The number of aryl methyl sites for hydroxylation is 1. The Hall–Kier alpha value is -1.97.